The Balaban J connectivity index is 0.705. The summed E-state index contributed by atoms with van der Waals surface area (Å²) in [5.41, 5.74) is 40.9. The van der Waals surface area contributed by atoms with Crippen LogP contribution in [-0.2, 0) is 28.1 Å². The second-order valence-corrected chi connectivity index (χ2v) is 33.1. The molecule has 0 aromatic heterocycles. The first-order chi connectivity index (χ1) is 58.2. The number of hydrogen-bond donors (Lipinski definition) is 0. The van der Waals surface area contributed by atoms with E-state index in [2.05, 4.69) is 473 Å². The van der Waals surface area contributed by atoms with Crippen molar-refractivity contribution in [3.8, 4) is 89.0 Å². The summed E-state index contributed by atoms with van der Waals surface area (Å²) in [4.78, 5) is 4.99. The van der Waals surface area contributed by atoms with Gasteiger partial charge in [0.2, 0.25) is 0 Å². The first kappa shape index (κ1) is 70.2. The smallest absolute Gasteiger partial charge is 0.0719 e. The quantitative estimate of drug-likeness (QED) is 0.107. The van der Waals surface area contributed by atoms with Crippen LogP contribution in [0.2, 0.25) is 0 Å². The van der Waals surface area contributed by atoms with Crippen LogP contribution in [0.1, 0.15) is 93.1 Å². The molecule has 2 heteroatoms. The van der Waals surface area contributed by atoms with Gasteiger partial charge >= 0.3 is 0 Å². The van der Waals surface area contributed by atoms with Crippen LogP contribution >= 0.6 is 0 Å². The van der Waals surface area contributed by atoms with Crippen molar-refractivity contribution < 1.29 is 0 Å². The van der Waals surface area contributed by atoms with E-state index in [1.54, 1.807) is 0 Å². The van der Waals surface area contributed by atoms with E-state index >= 15 is 0 Å². The number of benzene rings is 18. The van der Waals surface area contributed by atoms with Gasteiger partial charge in [0.25, 0.3) is 0 Å². The summed E-state index contributed by atoms with van der Waals surface area (Å²) < 4.78 is 0. The lowest BCUT2D eigenvalue weighted by atomic mass is 9.54. The van der Waals surface area contributed by atoms with Crippen molar-refractivity contribution in [3.63, 3.8) is 0 Å². The zero-order valence-corrected chi connectivity index (χ0v) is 66.2. The summed E-state index contributed by atoms with van der Waals surface area (Å²) in [5.74, 6) is 0. The minimum atomic E-state index is -0.634. The zero-order chi connectivity index (χ0) is 78.7. The third-order valence-corrected chi connectivity index (χ3v) is 26.5. The fourth-order valence-electron chi connectivity index (χ4n) is 21.4. The molecule has 22 rings (SSSR count). The standard InChI is InChI=1S/C116H84N2/c1-113(2)100-56-24-27-59-104(100)116(105-60-28-25-57-101(105)113)99-55-23-18-51-95(99)112-92(52-34-62-107(112)116)86-44-33-46-89(75-86)117(88-45-32-43-84(74-88)79-35-8-4-9-36-79)111-72-65-78(73-96(111)83-41-14-7-15-42-83)77-114(3)102-58-26-29-61-106(102)115(97-53-21-16-49-93(97)94-50-17-22-54-98(94)115)108-76-85(68-71-103(108)114)80-66-69-87(70-67-80)118(109-63-30-19-47-90(109)81-37-10-5-11-38-81)110-64-31-20-48-91(110)82-39-12-6-13-40-82/h4-76H,77H2,1-3H3. The molecule has 0 bridgehead atoms. The molecule has 1 unspecified atom stereocenters. The van der Waals surface area contributed by atoms with Gasteiger partial charge in [-0.25, -0.2) is 0 Å². The van der Waals surface area contributed by atoms with E-state index < -0.39 is 16.2 Å². The van der Waals surface area contributed by atoms with Crippen molar-refractivity contribution in [3.05, 3.63) is 515 Å². The molecule has 0 amide bonds. The normalized spacial score (nSPS) is 14.8. The molecule has 0 aliphatic heterocycles. The van der Waals surface area contributed by atoms with Crippen molar-refractivity contribution in [1.82, 2.24) is 0 Å². The molecule has 2 spiro atoms. The highest BCUT2D eigenvalue weighted by Crippen LogP contribution is 2.66. The van der Waals surface area contributed by atoms with Crippen LogP contribution in [0.4, 0.5) is 34.1 Å². The topological polar surface area (TPSA) is 6.48 Å². The number of fused-ring (bicyclic) bond motifs is 18. The molecule has 4 aliphatic carbocycles. The molecule has 18 aromatic rings. The minimum Gasteiger partial charge on any atom is -0.310 e. The highest BCUT2D eigenvalue weighted by atomic mass is 15.2. The summed E-state index contributed by atoms with van der Waals surface area (Å²) in [7, 11) is 0. The Morgan fingerprint density at radius 3 is 1.10 bits per heavy atom. The SMILES string of the molecule is CC1(C)c2ccccc2C2(c3ccccc3-c3c(-c4cccc(N(c5cccc(-c6ccccc6)c5)c5ccc(CC6(C)c7ccccc7C7(c8ccccc8-c8ccccc87)c7cc(-c8ccc(N(c9ccccc9-c9ccccc9)c9ccccc9-c9ccccc9)cc8)ccc76)cc5-c5ccccc5)c4)cccc32)c2ccccc21. The molecule has 1 atom stereocenters. The molecule has 558 valence electrons. The van der Waals surface area contributed by atoms with Gasteiger partial charge in [-0.05, 0) is 218 Å². The van der Waals surface area contributed by atoms with E-state index in [9.17, 15) is 0 Å². The van der Waals surface area contributed by atoms with E-state index in [-0.39, 0.29) is 5.41 Å². The lowest BCUT2D eigenvalue weighted by Gasteiger charge is -2.48. The predicted molar refractivity (Wildman–Crippen MR) is 492 cm³/mol. The van der Waals surface area contributed by atoms with Gasteiger partial charge in [-0.2, -0.15) is 0 Å². The van der Waals surface area contributed by atoms with Gasteiger partial charge in [-0.3, -0.25) is 0 Å². The summed E-state index contributed by atoms with van der Waals surface area (Å²) in [6.45, 7) is 7.34. The third-order valence-electron chi connectivity index (χ3n) is 26.5. The van der Waals surface area contributed by atoms with Crippen molar-refractivity contribution in [2.45, 2.75) is 48.9 Å². The van der Waals surface area contributed by atoms with E-state index in [1.807, 2.05) is 0 Å². The fourth-order valence-corrected chi connectivity index (χ4v) is 21.4. The first-order valence-electron chi connectivity index (χ1n) is 41.5. The molecule has 118 heavy (non-hydrogen) atoms. The Labute approximate surface area is 692 Å². The van der Waals surface area contributed by atoms with Crippen molar-refractivity contribution in [1.29, 1.82) is 0 Å². The number of para-hydroxylation sites is 2. The molecule has 4 aliphatic rings. The van der Waals surface area contributed by atoms with Gasteiger partial charge in [-0.15, -0.1) is 0 Å². The molecule has 0 radical (unpaired) electrons. The Morgan fingerprint density at radius 2 is 0.542 bits per heavy atom. The number of anilines is 6. The third kappa shape index (κ3) is 10.8. The Kier molecular flexibility index (Phi) is 16.6. The maximum atomic E-state index is 2.58. The van der Waals surface area contributed by atoms with E-state index in [0.29, 0.717) is 0 Å². The van der Waals surface area contributed by atoms with E-state index in [1.165, 1.54) is 111 Å². The summed E-state index contributed by atoms with van der Waals surface area (Å²) in [5, 5.41) is 0. The highest BCUT2D eigenvalue weighted by Gasteiger charge is 2.56. The Morgan fingerprint density at radius 1 is 0.186 bits per heavy atom. The maximum absolute atomic E-state index is 2.58. The molecule has 0 heterocycles. The van der Waals surface area contributed by atoms with Crippen LogP contribution in [0.25, 0.3) is 89.0 Å². The molecule has 2 nitrogen and oxygen atoms in total. The molecule has 0 fully saturated rings. The Bertz CT molecular complexity index is 6780. The van der Waals surface area contributed by atoms with Crippen LogP contribution in [0, 0.1) is 0 Å². The van der Waals surface area contributed by atoms with E-state index in [0.717, 1.165) is 90.6 Å². The average Bonchev–Trinajstić information content (AvgIpc) is 1.49. The van der Waals surface area contributed by atoms with Crippen LogP contribution in [0.15, 0.2) is 443 Å². The summed E-state index contributed by atoms with van der Waals surface area (Å²) in [6.07, 6.45) is 0.725. The Hall–Kier alpha value is -14.4. The van der Waals surface area contributed by atoms with Gasteiger partial charge in [0.05, 0.1) is 27.9 Å². The van der Waals surface area contributed by atoms with Crippen LogP contribution in [-0.4, -0.2) is 0 Å². The molecular formula is C116H84N2. The first-order valence-corrected chi connectivity index (χ1v) is 41.5. The summed E-state index contributed by atoms with van der Waals surface area (Å²) in [6, 6.07) is 167. The average molecular weight is 1510 g/mol. The lowest BCUT2D eigenvalue weighted by molar-refractivity contribution is 0.514. The molecule has 18 aromatic carbocycles. The molecular weight excluding hydrogens is 1420 g/mol. The van der Waals surface area contributed by atoms with Crippen LogP contribution in [0.3, 0.4) is 0 Å². The molecule has 0 N–H and O–H groups in total. The summed E-state index contributed by atoms with van der Waals surface area (Å²) >= 11 is 0. The zero-order valence-electron chi connectivity index (χ0n) is 66.2. The van der Waals surface area contributed by atoms with Crippen LogP contribution in [0.5, 0.6) is 0 Å². The van der Waals surface area contributed by atoms with Gasteiger partial charge in [0, 0.05) is 44.6 Å². The minimum absolute atomic E-state index is 0.202. The van der Waals surface area contributed by atoms with Crippen LogP contribution < -0.4 is 9.80 Å². The second-order valence-electron chi connectivity index (χ2n) is 33.1. The monoisotopic (exact) mass is 1500 g/mol. The number of hydrogen-bond acceptors (Lipinski definition) is 2. The molecule has 0 saturated carbocycles. The van der Waals surface area contributed by atoms with Gasteiger partial charge in [0.1, 0.15) is 0 Å². The van der Waals surface area contributed by atoms with Crippen molar-refractivity contribution >= 4 is 34.1 Å². The van der Waals surface area contributed by atoms with Gasteiger partial charge in [0.15, 0.2) is 0 Å². The highest BCUT2D eigenvalue weighted by molar-refractivity contribution is 6.00. The van der Waals surface area contributed by atoms with Gasteiger partial charge < -0.3 is 9.80 Å². The molecule has 0 saturated heterocycles. The predicted octanol–water partition coefficient (Wildman–Crippen LogP) is 29.9. The second kappa shape index (κ2) is 27.9. The number of rotatable bonds is 14. The van der Waals surface area contributed by atoms with Crippen molar-refractivity contribution in [2.24, 2.45) is 0 Å². The van der Waals surface area contributed by atoms with Gasteiger partial charge in [-0.1, -0.05) is 397 Å². The largest absolute Gasteiger partial charge is 0.310 e. The van der Waals surface area contributed by atoms with Crippen molar-refractivity contribution in [2.75, 3.05) is 9.80 Å². The van der Waals surface area contributed by atoms with E-state index in [4.69, 9.17) is 0 Å². The maximum Gasteiger partial charge on any atom is 0.0719 e. The number of nitrogens with zero attached hydrogens (tertiary/aromatic N) is 2. The lowest BCUT2D eigenvalue weighted by Crippen LogP contribution is -2.43. The fraction of sp³-hybridized carbons (Fsp3) is 0.0690.